The number of allylic oxidation sites excluding steroid dienone is 1. The second kappa shape index (κ2) is 8.97. The van der Waals surface area contributed by atoms with Gasteiger partial charge >= 0.3 is 0 Å². The fraction of sp³-hybridized carbons (Fsp3) is 0.111. The molecule has 1 aromatic heterocycles. The number of nitrogens with two attached hydrogens (primary N) is 1. The molecular weight excluding hydrogens is 448 g/mol. The number of H-pyrrole nitrogens is 1. The maximum absolute atomic E-state index is 9.95. The van der Waals surface area contributed by atoms with Crippen LogP contribution in [-0.2, 0) is 6.61 Å². The Morgan fingerprint density at radius 2 is 1.88 bits per heavy atom. The van der Waals surface area contributed by atoms with Gasteiger partial charge < -0.3 is 15.2 Å². The number of nitrogens with one attached hydrogen (secondary N) is 1. The lowest BCUT2D eigenvalue weighted by Gasteiger charge is -2.24. The molecule has 0 saturated carbocycles. The Morgan fingerprint density at radius 3 is 2.62 bits per heavy atom. The van der Waals surface area contributed by atoms with Crippen molar-refractivity contribution in [2.24, 2.45) is 5.73 Å². The second-order valence-electron chi connectivity index (χ2n) is 8.10. The molecule has 6 nitrogen and oxygen atoms in total. The number of fused-ring (bicyclic) bond motifs is 1. The topological polar surface area (TPSA) is 96.9 Å². The van der Waals surface area contributed by atoms with Crippen LogP contribution in [0.4, 0.5) is 0 Å². The number of hydrogen-bond donors (Lipinski definition) is 2. The number of nitrogens with zero attached hydrogens (tertiary/aromatic N) is 2. The molecule has 0 spiro atoms. The van der Waals surface area contributed by atoms with Crippen LogP contribution in [-0.4, -0.2) is 10.2 Å². The van der Waals surface area contributed by atoms with E-state index < -0.39 is 5.92 Å². The molecule has 1 aliphatic rings. The fourth-order valence-electron chi connectivity index (χ4n) is 4.05. The molecule has 0 bridgehead atoms. The second-order valence-corrected chi connectivity index (χ2v) is 8.53. The van der Waals surface area contributed by atoms with Gasteiger partial charge in [-0.15, -0.1) is 5.10 Å². The standard InChI is InChI=1S/C27H21ClN4O2/c1-16-5-7-17(8-6-16)15-33-21-4-2-3-19(13-21)23-22(14-29)26(30)34-27-24(23)25(31-32-27)18-9-11-20(28)12-10-18/h2-13,23H,15,30H2,1H3,(H,31,32)/t23-/m1/s1. The van der Waals surface area contributed by atoms with Crippen LogP contribution in [0.3, 0.4) is 0 Å². The van der Waals surface area contributed by atoms with Gasteiger partial charge in [0.1, 0.15) is 24.0 Å². The normalized spacial score (nSPS) is 14.8. The van der Waals surface area contributed by atoms with Gasteiger partial charge in [0.2, 0.25) is 11.8 Å². The van der Waals surface area contributed by atoms with Crippen LogP contribution in [0.2, 0.25) is 5.02 Å². The van der Waals surface area contributed by atoms with E-state index >= 15 is 0 Å². The van der Waals surface area contributed by atoms with E-state index in [1.54, 1.807) is 12.1 Å². The molecule has 2 heterocycles. The van der Waals surface area contributed by atoms with Gasteiger partial charge in [0, 0.05) is 10.6 Å². The van der Waals surface area contributed by atoms with Crippen molar-refractivity contribution in [3.63, 3.8) is 0 Å². The first-order chi connectivity index (χ1) is 16.5. The van der Waals surface area contributed by atoms with Crippen molar-refractivity contribution in [3.8, 4) is 29.0 Å². The highest BCUT2D eigenvalue weighted by Gasteiger charge is 2.35. The average molecular weight is 469 g/mol. The third-order valence-corrected chi connectivity index (χ3v) is 6.04. The lowest BCUT2D eigenvalue weighted by molar-refractivity contribution is 0.305. The minimum Gasteiger partial charge on any atom is -0.489 e. The number of aromatic amines is 1. The summed E-state index contributed by atoms with van der Waals surface area (Å²) in [6, 6.07) is 25.5. The molecule has 3 N–H and O–H groups in total. The monoisotopic (exact) mass is 468 g/mol. The van der Waals surface area contributed by atoms with E-state index in [4.69, 9.17) is 26.8 Å². The number of aromatic nitrogens is 2. The fourth-order valence-corrected chi connectivity index (χ4v) is 4.18. The van der Waals surface area contributed by atoms with Crippen molar-refractivity contribution in [1.29, 1.82) is 5.26 Å². The van der Waals surface area contributed by atoms with Crippen molar-refractivity contribution in [1.82, 2.24) is 10.2 Å². The summed E-state index contributed by atoms with van der Waals surface area (Å²) in [4.78, 5) is 0. The van der Waals surface area contributed by atoms with Crippen molar-refractivity contribution in [2.45, 2.75) is 19.4 Å². The average Bonchev–Trinajstić information content (AvgIpc) is 3.26. The minimum absolute atomic E-state index is 0.0418. The molecule has 0 saturated heterocycles. The molecular formula is C27H21ClN4O2. The molecule has 1 aliphatic heterocycles. The van der Waals surface area contributed by atoms with Gasteiger partial charge in [-0.1, -0.05) is 65.7 Å². The zero-order valence-corrected chi connectivity index (χ0v) is 19.1. The number of nitriles is 1. The molecule has 1 atom stereocenters. The molecule has 34 heavy (non-hydrogen) atoms. The number of halogens is 1. The van der Waals surface area contributed by atoms with Crippen LogP contribution in [0.25, 0.3) is 11.3 Å². The highest BCUT2D eigenvalue weighted by molar-refractivity contribution is 6.30. The summed E-state index contributed by atoms with van der Waals surface area (Å²) in [7, 11) is 0. The van der Waals surface area contributed by atoms with Gasteiger partial charge in [0.15, 0.2) is 0 Å². The highest BCUT2D eigenvalue weighted by Crippen LogP contribution is 2.46. The molecule has 7 heteroatoms. The van der Waals surface area contributed by atoms with Crippen molar-refractivity contribution in [2.75, 3.05) is 0 Å². The Kier molecular flexibility index (Phi) is 5.70. The van der Waals surface area contributed by atoms with E-state index in [0.29, 0.717) is 28.8 Å². The van der Waals surface area contributed by atoms with E-state index in [1.807, 2.05) is 48.5 Å². The molecule has 0 unspecified atom stereocenters. The summed E-state index contributed by atoms with van der Waals surface area (Å²) in [5.74, 6) is 0.608. The Labute approximate surface area is 202 Å². The first kappa shape index (κ1) is 21.6. The summed E-state index contributed by atoms with van der Waals surface area (Å²) in [5.41, 5.74) is 11.9. The van der Waals surface area contributed by atoms with E-state index in [0.717, 1.165) is 27.9 Å². The van der Waals surface area contributed by atoms with Crippen LogP contribution in [0.1, 0.15) is 28.2 Å². The maximum atomic E-state index is 9.95. The van der Waals surface area contributed by atoms with Crippen LogP contribution < -0.4 is 15.2 Å². The third-order valence-electron chi connectivity index (χ3n) is 5.79. The SMILES string of the molecule is Cc1ccc(COc2cccc([C@@H]3C(C#N)=C(N)Oc4n[nH]c(-c5ccc(Cl)cc5)c43)c2)cc1. The summed E-state index contributed by atoms with van der Waals surface area (Å²) >= 11 is 6.07. The van der Waals surface area contributed by atoms with Gasteiger partial charge in [-0.05, 0) is 42.3 Å². The Balaban J connectivity index is 1.53. The summed E-state index contributed by atoms with van der Waals surface area (Å²) in [6.07, 6.45) is 0. The molecule has 0 aliphatic carbocycles. The molecule has 168 valence electrons. The van der Waals surface area contributed by atoms with E-state index in [9.17, 15) is 5.26 Å². The number of rotatable bonds is 5. The first-order valence-electron chi connectivity index (χ1n) is 10.7. The van der Waals surface area contributed by atoms with Crippen LogP contribution >= 0.6 is 11.6 Å². The number of aryl methyl sites for hydroxylation is 1. The Bertz CT molecular complexity index is 1420. The highest BCUT2D eigenvalue weighted by atomic mass is 35.5. The van der Waals surface area contributed by atoms with Crippen molar-refractivity contribution in [3.05, 3.63) is 112 Å². The van der Waals surface area contributed by atoms with Gasteiger partial charge in [-0.25, -0.2) is 0 Å². The zero-order chi connectivity index (χ0) is 23.7. The molecule has 5 rings (SSSR count). The van der Waals surface area contributed by atoms with Crippen LogP contribution in [0.5, 0.6) is 11.6 Å². The summed E-state index contributed by atoms with van der Waals surface area (Å²) in [5, 5.41) is 17.9. The zero-order valence-electron chi connectivity index (χ0n) is 18.4. The number of benzene rings is 3. The minimum atomic E-state index is -0.471. The van der Waals surface area contributed by atoms with Gasteiger partial charge in [-0.2, -0.15) is 5.26 Å². The molecule has 0 amide bonds. The third kappa shape index (κ3) is 4.09. The Hall–Kier alpha value is -4.21. The van der Waals surface area contributed by atoms with Crippen molar-refractivity contribution < 1.29 is 9.47 Å². The quantitative estimate of drug-likeness (QED) is 0.383. The number of hydrogen-bond acceptors (Lipinski definition) is 5. The van der Waals surface area contributed by atoms with Gasteiger partial charge in [0.05, 0.1) is 17.2 Å². The van der Waals surface area contributed by atoms with Crippen LogP contribution in [0, 0.1) is 18.3 Å². The predicted octanol–water partition coefficient (Wildman–Crippen LogP) is 5.84. The molecule has 0 fully saturated rings. The molecule has 0 radical (unpaired) electrons. The number of ether oxygens (including phenoxy) is 2. The first-order valence-corrected chi connectivity index (χ1v) is 11.1. The van der Waals surface area contributed by atoms with Crippen molar-refractivity contribution >= 4 is 11.6 Å². The predicted molar refractivity (Wildman–Crippen MR) is 130 cm³/mol. The summed E-state index contributed by atoms with van der Waals surface area (Å²) in [6.45, 7) is 2.49. The van der Waals surface area contributed by atoms with E-state index in [1.165, 1.54) is 5.56 Å². The maximum Gasteiger partial charge on any atom is 0.244 e. The van der Waals surface area contributed by atoms with Gasteiger partial charge in [0.25, 0.3) is 0 Å². The van der Waals surface area contributed by atoms with Crippen LogP contribution in [0.15, 0.2) is 84.3 Å². The largest absolute Gasteiger partial charge is 0.489 e. The van der Waals surface area contributed by atoms with Gasteiger partial charge in [-0.3, -0.25) is 5.10 Å². The lowest BCUT2D eigenvalue weighted by Crippen LogP contribution is -2.21. The molecule has 3 aromatic carbocycles. The molecule has 4 aromatic rings. The smallest absolute Gasteiger partial charge is 0.244 e. The van der Waals surface area contributed by atoms with E-state index in [-0.39, 0.29) is 5.88 Å². The summed E-state index contributed by atoms with van der Waals surface area (Å²) < 4.78 is 11.8. The van der Waals surface area contributed by atoms with E-state index in [2.05, 4.69) is 35.3 Å². The lowest BCUT2D eigenvalue weighted by atomic mass is 9.83. The Morgan fingerprint density at radius 1 is 1.12 bits per heavy atom.